The lowest BCUT2D eigenvalue weighted by Crippen LogP contribution is -2.24. The van der Waals surface area contributed by atoms with Gasteiger partial charge in [-0.15, -0.1) is 0 Å². The Hall–Kier alpha value is -3.63. The Kier molecular flexibility index (Phi) is 8.76. The molecular weight excluding hydrogens is 531 g/mol. The van der Waals surface area contributed by atoms with E-state index in [9.17, 15) is 18.7 Å². The van der Waals surface area contributed by atoms with Gasteiger partial charge < -0.3 is 10.4 Å². The summed E-state index contributed by atoms with van der Waals surface area (Å²) < 4.78 is 43.6. The maximum Gasteiger partial charge on any atom is 0.211 e. The third kappa shape index (κ3) is 6.34. The van der Waals surface area contributed by atoms with Crippen molar-refractivity contribution in [3.05, 3.63) is 88.2 Å². The van der Waals surface area contributed by atoms with E-state index in [4.69, 9.17) is 11.6 Å². The first kappa shape index (κ1) is 28.4. The smallest absolute Gasteiger partial charge is 0.211 e. The molecule has 0 bridgehead atoms. The van der Waals surface area contributed by atoms with Crippen molar-refractivity contribution in [1.29, 1.82) is 0 Å². The molecule has 1 aliphatic rings. The highest BCUT2D eigenvalue weighted by atomic mass is 35.5. The summed E-state index contributed by atoms with van der Waals surface area (Å²) in [4.78, 5) is 27.7. The van der Waals surface area contributed by atoms with Crippen molar-refractivity contribution in [3.63, 3.8) is 0 Å². The molecule has 4 rings (SSSR count). The Labute approximate surface area is 228 Å². The standard InChI is InChI=1S/C28H27ClF3N5O2/c1-16-13-35-26(22-7-10-33-27(37-22)28(39)8-3-4-9-28)25(32)23(16)24(29)18(11-17(2)36-15-38)5-6-21-20(31)12-19(30)14-34-21/h7,10-15,39H,3-6,8-9H2,1-2H3,(H,36,38)/b17-11-,24-18+. The minimum atomic E-state index is -1.16. The van der Waals surface area contributed by atoms with Crippen molar-refractivity contribution in [2.24, 2.45) is 0 Å². The molecule has 1 saturated carbocycles. The minimum Gasteiger partial charge on any atom is -0.382 e. The molecule has 3 aromatic rings. The van der Waals surface area contributed by atoms with E-state index < -0.39 is 23.1 Å². The van der Waals surface area contributed by atoms with Gasteiger partial charge in [0.2, 0.25) is 6.41 Å². The van der Waals surface area contributed by atoms with Gasteiger partial charge in [0.1, 0.15) is 22.9 Å². The van der Waals surface area contributed by atoms with Crippen LogP contribution >= 0.6 is 11.6 Å². The van der Waals surface area contributed by atoms with Crippen LogP contribution in [0.25, 0.3) is 16.4 Å². The Balaban J connectivity index is 1.78. The number of nitrogens with one attached hydrogen (secondary N) is 1. The van der Waals surface area contributed by atoms with Crippen LogP contribution in [0.15, 0.2) is 48.1 Å². The van der Waals surface area contributed by atoms with E-state index in [2.05, 4.69) is 25.3 Å². The van der Waals surface area contributed by atoms with Gasteiger partial charge in [-0.25, -0.2) is 23.1 Å². The van der Waals surface area contributed by atoms with Crippen LogP contribution in [0.2, 0.25) is 0 Å². The van der Waals surface area contributed by atoms with Crippen molar-refractivity contribution in [1.82, 2.24) is 25.3 Å². The second kappa shape index (κ2) is 12.0. The largest absolute Gasteiger partial charge is 0.382 e. The van der Waals surface area contributed by atoms with Crippen LogP contribution in [-0.2, 0) is 16.8 Å². The lowest BCUT2D eigenvalue weighted by Gasteiger charge is -2.20. The first-order valence-electron chi connectivity index (χ1n) is 12.4. The second-order valence-corrected chi connectivity index (χ2v) is 9.87. The van der Waals surface area contributed by atoms with Gasteiger partial charge in [0.25, 0.3) is 0 Å². The summed E-state index contributed by atoms with van der Waals surface area (Å²) >= 11 is 6.78. The number of aromatic nitrogens is 4. The summed E-state index contributed by atoms with van der Waals surface area (Å²) in [6, 6.07) is 2.24. The summed E-state index contributed by atoms with van der Waals surface area (Å²) in [5, 5.41) is 13.4. The summed E-state index contributed by atoms with van der Waals surface area (Å²) in [7, 11) is 0. The fourth-order valence-corrected chi connectivity index (χ4v) is 4.98. The fraction of sp³-hybridized carbons (Fsp3) is 0.321. The zero-order chi connectivity index (χ0) is 28.2. The van der Waals surface area contributed by atoms with Crippen molar-refractivity contribution in [2.75, 3.05) is 0 Å². The van der Waals surface area contributed by atoms with E-state index in [-0.39, 0.29) is 46.3 Å². The van der Waals surface area contributed by atoms with Crippen molar-refractivity contribution in [3.8, 4) is 11.4 Å². The van der Waals surface area contributed by atoms with Crippen molar-refractivity contribution in [2.45, 2.75) is 58.0 Å². The van der Waals surface area contributed by atoms with Gasteiger partial charge in [-0.05, 0) is 75.7 Å². The maximum atomic E-state index is 16.1. The number of nitrogens with zero attached hydrogens (tertiary/aromatic N) is 4. The van der Waals surface area contributed by atoms with Crippen LogP contribution in [-0.4, -0.2) is 31.5 Å². The molecule has 1 fully saturated rings. The molecule has 2 N–H and O–H groups in total. The van der Waals surface area contributed by atoms with E-state index in [0.717, 1.165) is 25.1 Å². The quantitative estimate of drug-likeness (QED) is 0.260. The number of allylic oxidation sites excluding steroid dienone is 3. The lowest BCUT2D eigenvalue weighted by atomic mass is 9.99. The predicted octanol–water partition coefficient (Wildman–Crippen LogP) is 5.65. The Morgan fingerprint density at radius 3 is 2.62 bits per heavy atom. The topological polar surface area (TPSA) is 101 Å². The van der Waals surface area contributed by atoms with Crippen molar-refractivity contribution >= 4 is 23.0 Å². The van der Waals surface area contributed by atoms with Gasteiger partial charge in [0.15, 0.2) is 11.6 Å². The number of halogens is 4. The van der Waals surface area contributed by atoms with Gasteiger partial charge in [-0.1, -0.05) is 11.6 Å². The number of aryl methyl sites for hydroxylation is 2. The zero-order valence-corrected chi connectivity index (χ0v) is 22.2. The molecule has 3 aromatic heterocycles. The van der Waals surface area contributed by atoms with Gasteiger partial charge >= 0.3 is 0 Å². The van der Waals surface area contributed by atoms with Gasteiger partial charge in [0, 0.05) is 29.7 Å². The van der Waals surface area contributed by atoms with Crippen LogP contribution in [0.3, 0.4) is 0 Å². The van der Waals surface area contributed by atoms with Crippen LogP contribution < -0.4 is 5.32 Å². The monoisotopic (exact) mass is 557 g/mol. The number of carbonyl (C=O) groups excluding carboxylic acids is 1. The molecule has 0 aromatic carbocycles. The Morgan fingerprint density at radius 2 is 1.92 bits per heavy atom. The first-order chi connectivity index (χ1) is 18.6. The number of pyridine rings is 2. The highest BCUT2D eigenvalue weighted by Crippen LogP contribution is 2.38. The second-order valence-electron chi connectivity index (χ2n) is 9.49. The third-order valence-corrected chi connectivity index (χ3v) is 7.08. The van der Waals surface area contributed by atoms with Crippen LogP contribution in [0, 0.1) is 24.4 Å². The van der Waals surface area contributed by atoms with E-state index >= 15 is 4.39 Å². The molecule has 204 valence electrons. The van der Waals surface area contributed by atoms with Crippen LogP contribution in [0.5, 0.6) is 0 Å². The molecule has 0 aliphatic heterocycles. The average Bonchev–Trinajstić information content (AvgIpc) is 3.35. The number of rotatable bonds is 9. The van der Waals surface area contributed by atoms with E-state index in [1.807, 2.05) is 0 Å². The van der Waals surface area contributed by atoms with Gasteiger partial charge in [-0.2, -0.15) is 0 Å². The Morgan fingerprint density at radius 1 is 1.18 bits per heavy atom. The molecule has 0 spiro atoms. The maximum absolute atomic E-state index is 16.1. The molecule has 11 heteroatoms. The number of aliphatic hydroxyl groups is 1. The number of hydrogen-bond donors (Lipinski definition) is 2. The van der Waals surface area contributed by atoms with E-state index in [1.165, 1.54) is 18.5 Å². The third-order valence-electron chi connectivity index (χ3n) is 6.65. The highest BCUT2D eigenvalue weighted by molar-refractivity contribution is 6.49. The Bertz CT molecular complexity index is 1460. The SMILES string of the molecule is C/C(=C/C(CCc1ncc(F)cc1F)=C(/Cl)c1c(C)cnc(-c2ccnc(C3(O)CCCC3)n2)c1F)NC=O. The van der Waals surface area contributed by atoms with Gasteiger partial charge in [0.05, 0.1) is 22.6 Å². The zero-order valence-electron chi connectivity index (χ0n) is 21.4. The number of amides is 1. The van der Waals surface area contributed by atoms with Crippen molar-refractivity contribution < 1.29 is 23.1 Å². The summed E-state index contributed by atoms with van der Waals surface area (Å²) in [5.41, 5.74) is 0.261. The molecule has 39 heavy (non-hydrogen) atoms. The first-order valence-corrected chi connectivity index (χ1v) is 12.8. The fourth-order valence-electron chi connectivity index (χ4n) is 4.60. The van der Waals surface area contributed by atoms with E-state index in [1.54, 1.807) is 19.9 Å². The molecule has 0 atom stereocenters. The molecule has 0 unspecified atom stereocenters. The molecular formula is C28H27ClF3N5O2. The summed E-state index contributed by atoms with van der Waals surface area (Å²) in [6.45, 7) is 3.26. The molecule has 0 radical (unpaired) electrons. The van der Waals surface area contributed by atoms with Crippen LogP contribution in [0.1, 0.15) is 61.7 Å². The molecule has 1 aliphatic carbocycles. The lowest BCUT2D eigenvalue weighted by molar-refractivity contribution is -0.108. The number of hydrogen-bond acceptors (Lipinski definition) is 6. The molecule has 1 amide bonds. The minimum absolute atomic E-state index is 0.0127. The molecule has 3 heterocycles. The average molecular weight is 558 g/mol. The van der Waals surface area contributed by atoms with E-state index in [0.29, 0.717) is 36.1 Å². The normalized spacial score (nSPS) is 15.7. The highest BCUT2D eigenvalue weighted by Gasteiger charge is 2.36. The molecule has 7 nitrogen and oxygen atoms in total. The number of carbonyl (C=O) groups is 1. The van der Waals surface area contributed by atoms with Crippen LogP contribution in [0.4, 0.5) is 13.2 Å². The summed E-state index contributed by atoms with van der Waals surface area (Å²) in [5.74, 6) is -2.13. The summed E-state index contributed by atoms with van der Waals surface area (Å²) in [6.07, 6.45) is 8.74. The predicted molar refractivity (Wildman–Crippen MR) is 141 cm³/mol. The molecule has 0 saturated heterocycles. The van der Waals surface area contributed by atoms with Gasteiger partial charge in [-0.3, -0.25) is 14.8 Å².